The summed E-state index contributed by atoms with van der Waals surface area (Å²) in [6.45, 7) is 4.56. The molecule has 2 unspecified atom stereocenters. The first-order valence-corrected chi connectivity index (χ1v) is 7.44. The van der Waals surface area contributed by atoms with Gasteiger partial charge in [0.1, 0.15) is 0 Å². The molecule has 3 nitrogen and oxygen atoms in total. The zero-order chi connectivity index (χ0) is 13.2. The van der Waals surface area contributed by atoms with E-state index in [2.05, 4.69) is 53.5 Å². The van der Waals surface area contributed by atoms with Crippen LogP contribution in [-0.2, 0) is 6.54 Å². The molecule has 0 amide bonds. The van der Waals surface area contributed by atoms with E-state index in [1.165, 1.54) is 31.5 Å². The van der Waals surface area contributed by atoms with Crippen molar-refractivity contribution in [2.24, 2.45) is 0 Å². The minimum atomic E-state index is 0.563. The number of nitrogens with zero attached hydrogens (tertiary/aromatic N) is 2. The van der Waals surface area contributed by atoms with E-state index in [0.29, 0.717) is 12.1 Å². The van der Waals surface area contributed by atoms with Crippen LogP contribution in [0.15, 0.2) is 24.3 Å². The van der Waals surface area contributed by atoms with E-state index in [9.17, 15) is 0 Å². The number of fused-ring (bicyclic) bond motifs is 1. The van der Waals surface area contributed by atoms with Crippen molar-refractivity contribution in [1.29, 1.82) is 0 Å². The van der Waals surface area contributed by atoms with Gasteiger partial charge in [-0.05, 0) is 44.6 Å². The first kappa shape index (κ1) is 13.1. The summed E-state index contributed by atoms with van der Waals surface area (Å²) in [4.78, 5) is 5.06. The van der Waals surface area contributed by atoms with Crippen LogP contribution in [0.25, 0.3) is 0 Å². The lowest BCUT2D eigenvalue weighted by molar-refractivity contribution is 0.0915. The molecule has 0 saturated carbocycles. The summed E-state index contributed by atoms with van der Waals surface area (Å²) in [6, 6.07) is 10.2. The zero-order valence-electron chi connectivity index (χ0n) is 12.1. The normalized spacial score (nSPS) is 28.4. The van der Waals surface area contributed by atoms with Crippen molar-refractivity contribution in [2.75, 3.05) is 33.7 Å². The summed E-state index contributed by atoms with van der Waals surface area (Å²) < 4.78 is 0. The zero-order valence-corrected chi connectivity index (χ0v) is 12.1. The van der Waals surface area contributed by atoms with Gasteiger partial charge >= 0.3 is 0 Å². The van der Waals surface area contributed by atoms with Crippen molar-refractivity contribution in [3.8, 4) is 0 Å². The van der Waals surface area contributed by atoms with Gasteiger partial charge in [-0.3, -0.25) is 4.90 Å². The Hall–Kier alpha value is -0.900. The quantitative estimate of drug-likeness (QED) is 0.874. The molecule has 3 rings (SSSR count). The Labute approximate surface area is 116 Å². The molecule has 0 spiro atoms. The molecule has 0 aromatic heterocycles. The number of likely N-dealkylation sites (N-methyl/N-ethyl adjacent to an activating group) is 1. The van der Waals surface area contributed by atoms with E-state index < -0.39 is 0 Å². The maximum Gasteiger partial charge on any atom is 0.0476 e. The summed E-state index contributed by atoms with van der Waals surface area (Å²) >= 11 is 0. The van der Waals surface area contributed by atoms with Gasteiger partial charge < -0.3 is 10.2 Å². The van der Waals surface area contributed by atoms with Crippen LogP contribution in [0.4, 0.5) is 0 Å². The molecule has 1 saturated heterocycles. The summed E-state index contributed by atoms with van der Waals surface area (Å²) in [5.41, 5.74) is 3.02. The highest BCUT2D eigenvalue weighted by Gasteiger charge is 2.30. The number of hydrogen-bond acceptors (Lipinski definition) is 3. The molecule has 104 valence electrons. The van der Waals surface area contributed by atoms with Crippen molar-refractivity contribution < 1.29 is 0 Å². The number of hydrogen-bond donors (Lipinski definition) is 1. The number of nitrogens with one attached hydrogen (secondary N) is 1. The second-order valence-electron chi connectivity index (χ2n) is 6.10. The smallest absolute Gasteiger partial charge is 0.0476 e. The fourth-order valence-electron chi connectivity index (χ4n) is 3.49. The summed E-state index contributed by atoms with van der Waals surface area (Å²) in [6.07, 6.45) is 2.66. The first-order valence-electron chi connectivity index (χ1n) is 7.44. The Morgan fingerprint density at radius 3 is 2.95 bits per heavy atom. The van der Waals surface area contributed by atoms with Crippen LogP contribution in [-0.4, -0.2) is 49.6 Å². The van der Waals surface area contributed by atoms with Crippen LogP contribution in [0.5, 0.6) is 0 Å². The van der Waals surface area contributed by atoms with Crippen molar-refractivity contribution in [3.63, 3.8) is 0 Å². The molecule has 3 heteroatoms. The third-order valence-corrected chi connectivity index (χ3v) is 4.67. The highest BCUT2D eigenvalue weighted by molar-refractivity contribution is 5.32. The van der Waals surface area contributed by atoms with Gasteiger partial charge in [0.2, 0.25) is 0 Å². The molecule has 1 fully saturated rings. The highest BCUT2D eigenvalue weighted by Crippen LogP contribution is 2.30. The van der Waals surface area contributed by atoms with Gasteiger partial charge in [0.25, 0.3) is 0 Å². The van der Waals surface area contributed by atoms with Gasteiger partial charge in [-0.1, -0.05) is 24.3 Å². The third-order valence-electron chi connectivity index (χ3n) is 4.67. The second-order valence-corrected chi connectivity index (χ2v) is 6.10. The predicted octanol–water partition coefficient (Wildman–Crippen LogP) is 1.86. The average molecular weight is 259 g/mol. The van der Waals surface area contributed by atoms with E-state index in [0.717, 1.165) is 13.1 Å². The Balaban J connectivity index is 1.79. The van der Waals surface area contributed by atoms with Crippen LogP contribution >= 0.6 is 0 Å². The Morgan fingerprint density at radius 2 is 2.11 bits per heavy atom. The van der Waals surface area contributed by atoms with Crippen molar-refractivity contribution in [2.45, 2.75) is 31.5 Å². The fourth-order valence-corrected chi connectivity index (χ4v) is 3.49. The van der Waals surface area contributed by atoms with E-state index in [-0.39, 0.29) is 0 Å². The van der Waals surface area contributed by atoms with E-state index >= 15 is 0 Å². The van der Waals surface area contributed by atoms with Gasteiger partial charge in [0, 0.05) is 31.7 Å². The molecule has 1 N–H and O–H groups in total. The van der Waals surface area contributed by atoms with Crippen LogP contribution < -0.4 is 5.32 Å². The van der Waals surface area contributed by atoms with Crippen molar-refractivity contribution >= 4 is 0 Å². The van der Waals surface area contributed by atoms with Crippen LogP contribution in [0, 0.1) is 0 Å². The van der Waals surface area contributed by atoms with Gasteiger partial charge in [0.05, 0.1) is 0 Å². The van der Waals surface area contributed by atoms with Crippen molar-refractivity contribution in [1.82, 2.24) is 15.1 Å². The van der Waals surface area contributed by atoms with Gasteiger partial charge in [0.15, 0.2) is 0 Å². The molecule has 0 radical (unpaired) electrons. The largest absolute Gasteiger partial charge is 0.311 e. The fraction of sp³-hybridized carbons (Fsp3) is 0.625. The number of benzene rings is 1. The Morgan fingerprint density at radius 1 is 1.26 bits per heavy atom. The molecule has 1 aromatic rings. The van der Waals surface area contributed by atoms with Crippen LogP contribution in [0.3, 0.4) is 0 Å². The van der Waals surface area contributed by atoms with E-state index in [1.807, 2.05) is 0 Å². The number of piperidine rings is 1. The standard InChI is InChI=1S/C16H25N3/c1-18(2)14-7-5-9-19(12-14)16-11-17-10-13-6-3-4-8-15(13)16/h3-4,6,8,14,16-17H,5,7,9-12H2,1-2H3. The molecule has 2 aliphatic heterocycles. The van der Waals surface area contributed by atoms with E-state index in [1.54, 1.807) is 5.56 Å². The SMILES string of the molecule is CN(C)C1CCCN(C2CNCc3ccccc32)C1. The lowest BCUT2D eigenvalue weighted by Gasteiger charge is -2.42. The molecule has 0 aliphatic carbocycles. The van der Waals surface area contributed by atoms with Gasteiger partial charge in [-0.2, -0.15) is 0 Å². The molecular weight excluding hydrogens is 234 g/mol. The molecule has 2 heterocycles. The van der Waals surface area contributed by atoms with Gasteiger partial charge in [-0.25, -0.2) is 0 Å². The molecule has 2 aliphatic rings. The minimum absolute atomic E-state index is 0.563. The minimum Gasteiger partial charge on any atom is -0.311 e. The third kappa shape index (κ3) is 2.69. The lowest BCUT2D eigenvalue weighted by Crippen LogP contribution is -2.49. The maximum atomic E-state index is 3.58. The molecule has 2 atom stereocenters. The summed E-state index contributed by atoms with van der Waals surface area (Å²) in [5.74, 6) is 0. The summed E-state index contributed by atoms with van der Waals surface area (Å²) in [5, 5.41) is 3.58. The number of likely N-dealkylation sites (tertiary alicyclic amines) is 1. The molecular formula is C16H25N3. The predicted molar refractivity (Wildman–Crippen MR) is 79.2 cm³/mol. The second kappa shape index (κ2) is 5.61. The first-order chi connectivity index (χ1) is 9.25. The monoisotopic (exact) mass is 259 g/mol. The van der Waals surface area contributed by atoms with Gasteiger partial charge in [-0.15, -0.1) is 0 Å². The lowest BCUT2D eigenvalue weighted by atomic mass is 9.93. The van der Waals surface area contributed by atoms with Crippen molar-refractivity contribution in [3.05, 3.63) is 35.4 Å². The number of rotatable bonds is 2. The molecule has 1 aromatic carbocycles. The molecule has 19 heavy (non-hydrogen) atoms. The Bertz CT molecular complexity index is 430. The highest BCUT2D eigenvalue weighted by atomic mass is 15.2. The van der Waals surface area contributed by atoms with E-state index in [4.69, 9.17) is 0 Å². The van der Waals surface area contributed by atoms with Crippen LogP contribution in [0.1, 0.15) is 30.0 Å². The topological polar surface area (TPSA) is 18.5 Å². The van der Waals surface area contributed by atoms with Crippen LogP contribution in [0.2, 0.25) is 0 Å². The Kier molecular flexibility index (Phi) is 3.87. The maximum absolute atomic E-state index is 3.58. The average Bonchev–Trinajstić information content (AvgIpc) is 2.47. The summed E-state index contributed by atoms with van der Waals surface area (Å²) in [7, 11) is 4.42. The molecule has 0 bridgehead atoms.